The summed E-state index contributed by atoms with van der Waals surface area (Å²) in [6.07, 6.45) is 0. The Morgan fingerprint density at radius 3 is 1.25 bits per heavy atom. The van der Waals surface area contributed by atoms with Crippen LogP contribution < -0.4 is 0 Å². The van der Waals surface area contributed by atoms with Crippen LogP contribution >= 0.6 is 0 Å². The van der Waals surface area contributed by atoms with Gasteiger partial charge in [0.25, 0.3) is 0 Å². The summed E-state index contributed by atoms with van der Waals surface area (Å²) >= 11 is 3.28. The summed E-state index contributed by atoms with van der Waals surface area (Å²) in [4.78, 5) is 0. The van der Waals surface area contributed by atoms with Crippen LogP contribution in [0.2, 0.25) is 0 Å². The zero-order chi connectivity index (χ0) is 2.00. The Morgan fingerprint density at radius 2 is 1.25 bits per heavy atom. The van der Waals surface area contributed by atoms with E-state index in [1.807, 2.05) is 18.2 Å². The van der Waals surface area contributed by atoms with Crippen LogP contribution in [0, 0.1) is 0 Å². The molecule has 0 saturated carbocycles. The molecule has 0 spiro atoms. The molecule has 0 bridgehead atoms. The number of hydrogen-bond donors (Lipinski definition) is 0. The fourth-order valence-electron chi connectivity index (χ4n) is 0. The molecule has 0 aromatic carbocycles. The fraction of sp³-hybridized carbons (Fsp3) is 0. The van der Waals surface area contributed by atoms with Crippen molar-refractivity contribution in [1.82, 2.24) is 0 Å². The summed E-state index contributed by atoms with van der Waals surface area (Å²) in [7, 11) is 0. The second-order valence-corrected chi connectivity index (χ2v) is 0. The van der Waals surface area contributed by atoms with E-state index >= 15 is 0 Å². The molecule has 4 radical (unpaired) electrons. The van der Waals surface area contributed by atoms with E-state index < -0.39 is 0 Å². The van der Waals surface area contributed by atoms with Crippen molar-refractivity contribution >= 4 is 88.5 Å². The number of hydrogen-bond acceptors (Lipinski definition) is 0. The molecule has 0 aliphatic carbocycles. The van der Waals surface area contributed by atoms with Crippen molar-refractivity contribution in [3.63, 3.8) is 0 Å². The van der Waals surface area contributed by atoms with E-state index in [1.165, 1.54) is 19.1 Å². The molecule has 0 fully saturated rings. The van der Waals surface area contributed by atoms with Gasteiger partial charge in [0, 0.05) is 0 Å². The third kappa shape index (κ3) is 9.01. The van der Waals surface area contributed by atoms with E-state index in [0.29, 0.717) is 0 Å². The average molecular weight is 582 g/mol. The summed E-state index contributed by atoms with van der Waals surface area (Å²) in [5, 5.41) is 0. The molecule has 0 aliphatic rings. The van der Waals surface area contributed by atoms with E-state index in [2.05, 4.69) is 0 Å². The summed E-state index contributed by atoms with van der Waals surface area (Å²) in [5.41, 5.74) is 0. The van der Waals surface area contributed by atoms with Gasteiger partial charge in [-0.1, -0.05) is 0 Å². The van der Waals surface area contributed by atoms with Crippen molar-refractivity contribution in [2.24, 2.45) is 0 Å². The van der Waals surface area contributed by atoms with E-state index in [1.54, 1.807) is 0 Å². The Hall–Kier alpha value is 3.33. The van der Waals surface area contributed by atoms with Gasteiger partial charge < -0.3 is 0 Å². The molecule has 0 nitrogen and oxygen atoms in total. The summed E-state index contributed by atoms with van der Waals surface area (Å²) in [5.74, 6) is 0. The van der Waals surface area contributed by atoms with Crippen LogP contribution in [0.4, 0.5) is 0 Å². The first-order chi connectivity index (χ1) is 1.00. The van der Waals surface area contributed by atoms with Crippen LogP contribution in [-0.4, -0.2) is 88.5 Å². The molecule has 4 heteroatoms. The fourth-order valence-corrected chi connectivity index (χ4v) is 0. The van der Waals surface area contributed by atoms with Crippen molar-refractivity contribution in [3.8, 4) is 0 Å². The van der Waals surface area contributed by atoms with Crippen LogP contribution in [0.25, 0.3) is 0 Å². The molecule has 4 heavy (non-hydrogen) atoms. The molecule has 0 amide bonds. The van der Waals surface area contributed by atoms with Crippen LogP contribution in [-0.2, 0) is 0 Å². The van der Waals surface area contributed by atoms with Crippen molar-refractivity contribution in [1.29, 1.82) is 0 Å². The molecule has 0 unspecified atom stereocenters. The topological polar surface area (TPSA) is 0 Å². The molecule has 0 aliphatic heterocycles. The summed E-state index contributed by atoms with van der Waals surface area (Å²) < 4.78 is 0. The minimum absolute atomic E-state index is 0. The van der Waals surface area contributed by atoms with Gasteiger partial charge in [-0.25, -0.2) is 0 Å². The van der Waals surface area contributed by atoms with E-state index in [9.17, 15) is 0 Å². The SMILES string of the molecule is [PbH2].[SbH2][TeH].[SnH2]. The maximum absolute atomic E-state index is 1.88. The predicted molar refractivity (Wildman–Crippen MR) is 32.8 cm³/mol. The van der Waals surface area contributed by atoms with Crippen LogP contribution in [0.5, 0.6) is 0 Å². The van der Waals surface area contributed by atoms with Gasteiger partial charge >= 0.3 is 88.5 Å². The van der Waals surface area contributed by atoms with Gasteiger partial charge in [-0.05, 0) is 0 Å². The predicted octanol–water partition coefficient (Wildman–Crippen LogP) is -3.40. The van der Waals surface area contributed by atoms with Gasteiger partial charge in [0.05, 0.1) is 0 Å². The number of rotatable bonds is 0. The first kappa shape index (κ1) is 15.7. The van der Waals surface area contributed by atoms with E-state index in [4.69, 9.17) is 0 Å². The molecule has 0 atom stereocenters. The molecule has 0 N–H and O–H groups in total. The van der Waals surface area contributed by atoms with E-state index in [0.717, 1.165) is 0 Å². The second-order valence-electron chi connectivity index (χ2n) is 0. The maximum atomic E-state index is 1.88. The van der Waals surface area contributed by atoms with Crippen molar-refractivity contribution in [2.45, 2.75) is 0 Å². The second kappa shape index (κ2) is 16.2. The molecular weight excluding hydrogens is 575 g/mol. The van der Waals surface area contributed by atoms with Gasteiger partial charge in [0.1, 0.15) is 0 Å². The van der Waals surface area contributed by atoms with Gasteiger partial charge in [-0.15, -0.1) is 0 Å². The minimum atomic E-state index is 0. The van der Waals surface area contributed by atoms with Crippen LogP contribution in [0.15, 0.2) is 0 Å². The third-order valence-electron chi connectivity index (χ3n) is 0. The van der Waals surface area contributed by atoms with E-state index in [-0.39, 0.29) is 51.2 Å². The third-order valence-corrected chi connectivity index (χ3v) is 0. The monoisotopic (exact) mass is 586 g/mol. The molecule has 0 saturated heterocycles. The molecule has 0 aromatic heterocycles. The average Bonchev–Trinajstić information content (AvgIpc) is 1.00. The summed E-state index contributed by atoms with van der Waals surface area (Å²) in [6.45, 7) is 0. The summed E-state index contributed by atoms with van der Waals surface area (Å²) in [6, 6.07) is 0. The first-order valence-electron chi connectivity index (χ1n) is 0.258. The zero-order valence-corrected chi connectivity index (χ0v) is 17.8. The molecular formula is H7PbSbSnTe. The van der Waals surface area contributed by atoms with Crippen LogP contribution in [0.1, 0.15) is 0 Å². The van der Waals surface area contributed by atoms with Crippen LogP contribution in [0.3, 0.4) is 0 Å². The molecule has 0 rings (SSSR count). The molecule has 0 heterocycles. The van der Waals surface area contributed by atoms with Gasteiger partial charge in [0.15, 0.2) is 0 Å². The molecule has 0 aromatic rings. The standard InChI is InChI=1S/Pb.Sb.Sn.H2Te.6H/h;;;1H2;;;;;;/q;+1;;;;;;;;/p-1. The Balaban J connectivity index is -0.00000000500. The van der Waals surface area contributed by atoms with Crippen molar-refractivity contribution in [2.75, 3.05) is 0 Å². The Kier molecular flexibility index (Phi) is 63.5. The van der Waals surface area contributed by atoms with Gasteiger partial charge in [0.2, 0.25) is 0 Å². The van der Waals surface area contributed by atoms with Crippen molar-refractivity contribution < 1.29 is 0 Å². The quantitative estimate of drug-likeness (QED) is 0.262. The molecule has 26 valence electrons. The Morgan fingerprint density at radius 1 is 1.25 bits per heavy atom. The Bertz CT molecular complexity index is 8.00. The zero-order valence-electron chi connectivity index (χ0n) is 2.44. The normalized spacial score (nSPS) is 1.50. The Labute approximate surface area is 86.4 Å². The first-order valence-corrected chi connectivity index (χ1v) is 11.6. The van der Waals surface area contributed by atoms with Gasteiger partial charge in [-0.2, -0.15) is 0 Å². The van der Waals surface area contributed by atoms with Crippen molar-refractivity contribution in [3.05, 3.63) is 0 Å². The van der Waals surface area contributed by atoms with Gasteiger partial charge in [-0.3, -0.25) is 0 Å².